The fourth-order valence-electron chi connectivity index (χ4n) is 3.18. The summed E-state index contributed by atoms with van der Waals surface area (Å²) in [5.41, 5.74) is 4.79. The molecule has 0 aliphatic carbocycles. The molecule has 136 valence electrons. The SMILES string of the molecule is Cc1n[nH]c(C)c1CCN(C)[C@H](C(=O)O)c1ccc(-n2cccn2)cc1. The lowest BCUT2D eigenvalue weighted by molar-refractivity contribution is -0.143. The number of carboxylic acid groups (broad SMARTS) is 1. The minimum absolute atomic E-state index is 0.624. The van der Waals surface area contributed by atoms with E-state index in [-0.39, 0.29) is 0 Å². The van der Waals surface area contributed by atoms with Crippen LogP contribution in [0.25, 0.3) is 5.69 Å². The summed E-state index contributed by atoms with van der Waals surface area (Å²) in [4.78, 5) is 13.7. The Morgan fingerprint density at radius 2 is 2.04 bits per heavy atom. The molecule has 0 radical (unpaired) electrons. The largest absolute Gasteiger partial charge is 0.480 e. The van der Waals surface area contributed by atoms with Crippen LogP contribution in [-0.4, -0.2) is 49.5 Å². The molecule has 0 aliphatic heterocycles. The molecule has 0 fully saturated rings. The molecule has 0 aliphatic rings. The number of H-pyrrole nitrogens is 1. The number of aromatic nitrogens is 4. The molecule has 0 saturated heterocycles. The van der Waals surface area contributed by atoms with Crippen LogP contribution in [-0.2, 0) is 11.2 Å². The maximum absolute atomic E-state index is 11.9. The minimum atomic E-state index is -0.861. The molecule has 7 heteroatoms. The maximum Gasteiger partial charge on any atom is 0.325 e. The minimum Gasteiger partial charge on any atom is -0.480 e. The average Bonchev–Trinajstić information content (AvgIpc) is 3.25. The summed E-state index contributed by atoms with van der Waals surface area (Å²) in [6, 6.07) is 8.62. The zero-order chi connectivity index (χ0) is 18.7. The van der Waals surface area contributed by atoms with Crippen molar-refractivity contribution >= 4 is 5.97 Å². The number of hydrogen-bond donors (Lipinski definition) is 2. The second-order valence-corrected chi connectivity index (χ2v) is 6.43. The van der Waals surface area contributed by atoms with Crippen LogP contribution in [0.3, 0.4) is 0 Å². The zero-order valence-corrected chi connectivity index (χ0v) is 15.2. The fourth-order valence-corrected chi connectivity index (χ4v) is 3.18. The second-order valence-electron chi connectivity index (χ2n) is 6.43. The highest BCUT2D eigenvalue weighted by Crippen LogP contribution is 2.22. The summed E-state index contributed by atoms with van der Waals surface area (Å²) in [7, 11) is 1.84. The first-order valence-electron chi connectivity index (χ1n) is 8.51. The molecular weight excluding hydrogens is 330 g/mol. The summed E-state index contributed by atoms with van der Waals surface area (Å²) >= 11 is 0. The van der Waals surface area contributed by atoms with Gasteiger partial charge in [-0.3, -0.25) is 14.8 Å². The molecule has 3 rings (SSSR count). The van der Waals surface area contributed by atoms with Gasteiger partial charge in [-0.15, -0.1) is 0 Å². The van der Waals surface area contributed by atoms with Crippen molar-refractivity contribution in [2.45, 2.75) is 26.3 Å². The molecule has 3 aromatic rings. The number of carbonyl (C=O) groups is 1. The van der Waals surface area contributed by atoms with Gasteiger partial charge in [0.05, 0.1) is 11.4 Å². The van der Waals surface area contributed by atoms with Crippen molar-refractivity contribution < 1.29 is 9.90 Å². The normalized spacial score (nSPS) is 12.5. The molecule has 0 unspecified atom stereocenters. The van der Waals surface area contributed by atoms with Gasteiger partial charge < -0.3 is 5.11 Å². The van der Waals surface area contributed by atoms with Crippen molar-refractivity contribution in [2.24, 2.45) is 0 Å². The number of likely N-dealkylation sites (N-methyl/N-ethyl adjacent to an activating group) is 1. The third-order valence-corrected chi connectivity index (χ3v) is 4.65. The third-order valence-electron chi connectivity index (χ3n) is 4.65. The molecule has 7 nitrogen and oxygen atoms in total. The summed E-state index contributed by atoms with van der Waals surface area (Å²) in [6.07, 6.45) is 4.31. The van der Waals surface area contributed by atoms with Gasteiger partial charge in [0.25, 0.3) is 0 Å². The number of benzene rings is 1. The molecule has 0 bridgehead atoms. The van der Waals surface area contributed by atoms with Crippen LogP contribution >= 0.6 is 0 Å². The number of aromatic amines is 1. The average molecular weight is 353 g/mol. The Morgan fingerprint density at radius 1 is 1.31 bits per heavy atom. The van der Waals surface area contributed by atoms with E-state index in [4.69, 9.17) is 0 Å². The van der Waals surface area contributed by atoms with Crippen LogP contribution in [0.15, 0.2) is 42.7 Å². The van der Waals surface area contributed by atoms with Crippen molar-refractivity contribution in [3.8, 4) is 5.69 Å². The number of nitrogens with one attached hydrogen (secondary N) is 1. The number of hydrogen-bond acceptors (Lipinski definition) is 4. The number of aryl methyl sites for hydroxylation is 2. The van der Waals surface area contributed by atoms with Gasteiger partial charge in [-0.05, 0) is 56.6 Å². The van der Waals surface area contributed by atoms with E-state index in [0.29, 0.717) is 6.54 Å². The first-order chi connectivity index (χ1) is 12.5. The quantitative estimate of drug-likeness (QED) is 0.681. The van der Waals surface area contributed by atoms with E-state index in [0.717, 1.165) is 34.6 Å². The zero-order valence-electron chi connectivity index (χ0n) is 15.2. The number of rotatable bonds is 7. The van der Waals surface area contributed by atoms with E-state index in [1.54, 1.807) is 10.9 Å². The van der Waals surface area contributed by atoms with Crippen LogP contribution < -0.4 is 0 Å². The smallest absolute Gasteiger partial charge is 0.325 e. The first kappa shape index (κ1) is 17.9. The van der Waals surface area contributed by atoms with Gasteiger partial charge in [0.2, 0.25) is 0 Å². The molecular formula is C19H23N5O2. The Hall–Kier alpha value is -2.93. The predicted octanol–water partition coefficient (Wildman–Crippen LogP) is 2.51. The summed E-state index contributed by atoms with van der Waals surface area (Å²) in [5, 5.41) is 21.1. The van der Waals surface area contributed by atoms with Crippen molar-refractivity contribution in [1.82, 2.24) is 24.9 Å². The van der Waals surface area contributed by atoms with Gasteiger partial charge in [-0.1, -0.05) is 12.1 Å². The van der Waals surface area contributed by atoms with Gasteiger partial charge in [0.15, 0.2) is 0 Å². The van der Waals surface area contributed by atoms with Crippen LogP contribution in [0.2, 0.25) is 0 Å². The molecule has 2 N–H and O–H groups in total. The Bertz CT molecular complexity index is 848. The summed E-state index contributed by atoms with van der Waals surface area (Å²) in [6.45, 7) is 4.57. The lowest BCUT2D eigenvalue weighted by atomic mass is 10.0. The Balaban J connectivity index is 1.75. The van der Waals surface area contributed by atoms with Crippen molar-refractivity contribution in [1.29, 1.82) is 0 Å². The Morgan fingerprint density at radius 3 is 2.58 bits per heavy atom. The molecule has 1 aromatic carbocycles. The Kier molecular flexibility index (Phi) is 5.18. The summed E-state index contributed by atoms with van der Waals surface area (Å²) in [5.74, 6) is -0.861. The van der Waals surface area contributed by atoms with Gasteiger partial charge in [0.1, 0.15) is 6.04 Å². The molecule has 2 heterocycles. The molecule has 0 amide bonds. The Labute approximate surface area is 152 Å². The topological polar surface area (TPSA) is 87.0 Å². The summed E-state index contributed by atoms with van der Waals surface area (Å²) < 4.78 is 1.74. The first-order valence-corrected chi connectivity index (χ1v) is 8.51. The van der Waals surface area contributed by atoms with E-state index in [1.165, 1.54) is 0 Å². The van der Waals surface area contributed by atoms with Crippen molar-refractivity contribution in [3.63, 3.8) is 0 Å². The van der Waals surface area contributed by atoms with Crippen LogP contribution in [0.1, 0.15) is 28.6 Å². The van der Waals surface area contributed by atoms with Crippen LogP contribution in [0.4, 0.5) is 0 Å². The monoisotopic (exact) mass is 353 g/mol. The number of nitrogens with zero attached hydrogens (tertiary/aromatic N) is 4. The molecule has 0 spiro atoms. The lowest BCUT2D eigenvalue weighted by Gasteiger charge is -2.25. The van der Waals surface area contributed by atoms with Crippen molar-refractivity contribution in [2.75, 3.05) is 13.6 Å². The molecule has 26 heavy (non-hydrogen) atoms. The molecule has 0 saturated carbocycles. The number of aliphatic carboxylic acids is 1. The highest BCUT2D eigenvalue weighted by atomic mass is 16.4. The maximum atomic E-state index is 11.9. The third kappa shape index (κ3) is 3.67. The van der Waals surface area contributed by atoms with Gasteiger partial charge in [-0.2, -0.15) is 10.2 Å². The molecule has 2 aromatic heterocycles. The van der Waals surface area contributed by atoms with E-state index in [1.807, 2.05) is 62.3 Å². The van der Waals surface area contributed by atoms with Crippen LogP contribution in [0.5, 0.6) is 0 Å². The van der Waals surface area contributed by atoms with Crippen LogP contribution in [0, 0.1) is 13.8 Å². The lowest BCUT2D eigenvalue weighted by Crippen LogP contribution is -2.32. The van der Waals surface area contributed by atoms with E-state index < -0.39 is 12.0 Å². The standard InChI is InChI=1S/C19H23N5O2/c1-13-17(14(2)22-21-13)9-12-23(3)18(19(25)26)15-5-7-16(8-6-15)24-11-4-10-20-24/h4-8,10-11,18H,9,12H2,1-3H3,(H,21,22)(H,25,26)/t18-/m0/s1. The van der Waals surface area contributed by atoms with Crippen molar-refractivity contribution in [3.05, 3.63) is 65.2 Å². The molecule has 1 atom stereocenters. The highest BCUT2D eigenvalue weighted by molar-refractivity contribution is 5.75. The fraction of sp³-hybridized carbons (Fsp3) is 0.316. The van der Waals surface area contributed by atoms with Gasteiger partial charge >= 0.3 is 5.97 Å². The predicted molar refractivity (Wildman–Crippen MR) is 98.3 cm³/mol. The van der Waals surface area contributed by atoms with E-state index in [9.17, 15) is 9.90 Å². The van der Waals surface area contributed by atoms with E-state index >= 15 is 0 Å². The number of carboxylic acids is 1. The second kappa shape index (κ2) is 7.53. The van der Waals surface area contributed by atoms with E-state index in [2.05, 4.69) is 15.3 Å². The van der Waals surface area contributed by atoms with Gasteiger partial charge in [-0.25, -0.2) is 4.68 Å². The van der Waals surface area contributed by atoms with Gasteiger partial charge in [0, 0.05) is 24.6 Å². The highest BCUT2D eigenvalue weighted by Gasteiger charge is 2.25.